The minimum Gasteiger partial charge on any atom is -0.369 e. The molecule has 7 heteroatoms. The van der Waals surface area contributed by atoms with Gasteiger partial charge in [-0.25, -0.2) is 4.99 Å². The highest BCUT2D eigenvalue weighted by Gasteiger charge is 2.32. The summed E-state index contributed by atoms with van der Waals surface area (Å²) in [6, 6.07) is 7.14. The fraction of sp³-hybridized carbons (Fsp3) is 0.308. The molecule has 0 saturated carbocycles. The lowest BCUT2D eigenvalue weighted by Gasteiger charge is -2.38. The summed E-state index contributed by atoms with van der Waals surface area (Å²) in [5.74, 6) is 0.473. The number of benzene rings is 1. The predicted octanol–water partition coefficient (Wildman–Crippen LogP) is 1.50. The minimum absolute atomic E-state index is 0. The van der Waals surface area contributed by atoms with Crippen LogP contribution in [0.25, 0.3) is 0 Å². The number of halogens is 1. The van der Waals surface area contributed by atoms with Crippen LogP contribution in [0.3, 0.4) is 0 Å². The van der Waals surface area contributed by atoms with E-state index in [1.807, 2.05) is 26.0 Å². The quantitative estimate of drug-likeness (QED) is 0.808. The fourth-order valence-corrected chi connectivity index (χ4v) is 2.10. The topological polar surface area (TPSA) is 97.1 Å². The number of nitrogens with two attached hydrogens (primary N) is 2. The molecule has 1 heterocycles. The maximum Gasteiger partial charge on any atom is 0.220 e. The summed E-state index contributed by atoms with van der Waals surface area (Å²) in [6.07, 6.45) is 0. The fourth-order valence-electron chi connectivity index (χ4n) is 2.10. The molecule has 108 valence electrons. The average Bonchev–Trinajstić information content (AvgIpc) is 2.26. The Morgan fingerprint density at radius 1 is 1.20 bits per heavy atom. The van der Waals surface area contributed by atoms with Crippen LogP contribution in [0.2, 0.25) is 0 Å². The van der Waals surface area contributed by atoms with Gasteiger partial charge < -0.3 is 11.5 Å². The highest BCUT2D eigenvalue weighted by Crippen LogP contribution is 2.27. The number of carbonyl (C=O) groups is 1. The second kappa shape index (κ2) is 5.50. The molecule has 0 fully saturated rings. The molecule has 0 atom stereocenters. The number of aliphatic imine (C=N–C) groups is 2. The largest absolute Gasteiger partial charge is 0.369 e. The Morgan fingerprint density at radius 2 is 1.75 bits per heavy atom. The van der Waals surface area contributed by atoms with Gasteiger partial charge in [0.25, 0.3) is 0 Å². The monoisotopic (exact) mass is 295 g/mol. The molecular formula is C13H18ClN5O. The second-order valence-electron chi connectivity index (χ2n) is 4.87. The van der Waals surface area contributed by atoms with Crippen molar-refractivity contribution < 1.29 is 4.79 Å². The zero-order chi connectivity index (χ0) is 14.2. The van der Waals surface area contributed by atoms with Crippen molar-refractivity contribution in [3.8, 4) is 0 Å². The molecule has 1 aromatic rings. The van der Waals surface area contributed by atoms with Crippen molar-refractivity contribution >= 4 is 35.8 Å². The maximum absolute atomic E-state index is 11.3. The van der Waals surface area contributed by atoms with Crippen LogP contribution in [-0.4, -0.2) is 23.4 Å². The van der Waals surface area contributed by atoms with Gasteiger partial charge in [-0.15, -0.1) is 12.4 Å². The molecule has 0 bridgehead atoms. The number of anilines is 1. The predicted molar refractivity (Wildman–Crippen MR) is 83.5 cm³/mol. The summed E-state index contributed by atoms with van der Waals surface area (Å²) < 4.78 is 0. The van der Waals surface area contributed by atoms with Gasteiger partial charge in [0.1, 0.15) is 5.66 Å². The van der Waals surface area contributed by atoms with E-state index in [1.54, 1.807) is 17.0 Å². The molecule has 6 nitrogen and oxygen atoms in total. The smallest absolute Gasteiger partial charge is 0.220 e. The standard InChI is InChI=1S/C13H17N5O.ClH/c1-8(19)9-4-6-10(7-5-9)18-12(15)16-11(14)17-13(18,2)3;/h4-7H,1-3H3,(H4,14,15,16,17);1H. The first-order valence-electron chi connectivity index (χ1n) is 5.92. The summed E-state index contributed by atoms with van der Waals surface area (Å²) in [5, 5.41) is 0. The number of carbonyl (C=O) groups excluding carboxylic acids is 1. The van der Waals surface area contributed by atoms with E-state index in [-0.39, 0.29) is 30.1 Å². The highest BCUT2D eigenvalue weighted by molar-refractivity contribution is 6.05. The molecule has 0 amide bonds. The van der Waals surface area contributed by atoms with Gasteiger partial charge in [0, 0.05) is 11.3 Å². The third-order valence-electron chi connectivity index (χ3n) is 2.93. The van der Waals surface area contributed by atoms with Crippen LogP contribution in [0, 0.1) is 0 Å². The number of ketones is 1. The first kappa shape index (κ1) is 16.0. The van der Waals surface area contributed by atoms with E-state index >= 15 is 0 Å². The molecule has 4 N–H and O–H groups in total. The van der Waals surface area contributed by atoms with Crippen molar-refractivity contribution in [2.45, 2.75) is 26.4 Å². The van der Waals surface area contributed by atoms with Crippen molar-refractivity contribution in [2.75, 3.05) is 4.90 Å². The van der Waals surface area contributed by atoms with Crippen LogP contribution in [0.5, 0.6) is 0 Å². The Bertz CT molecular complexity index is 577. The zero-order valence-corrected chi connectivity index (χ0v) is 12.4. The van der Waals surface area contributed by atoms with Crippen molar-refractivity contribution in [2.24, 2.45) is 21.5 Å². The Hall–Kier alpha value is -2.08. The van der Waals surface area contributed by atoms with Gasteiger partial charge in [0.2, 0.25) is 11.9 Å². The van der Waals surface area contributed by atoms with Crippen LogP contribution in [0.1, 0.15) is 31.1 Å². The van der Waals surface area contributed by atoms with Crippen molar-refractivity contribution in [1.82, 2.24) is 0 Å². The molecular weight excluding hydrogens is 278 g/mol. The Labute approximate surface area is 124 Å². The van der Waals surface area contributed by atoms with Crippen LogP contribution < -0.4 is 16.4 Å². The minimum atomic E-state index is -0.617. The van der Waals surface area contributed by atoms with E-state index in [9.17, 15) is 4.79 Å². The molecule has 1 aliphatic rings. The van der Waals surface area contributed by atoms with E-state index in [4.69, 9.17) is 11.5 Å². The van der Waals surface area contributed by atoms with Gasteiger partial charge >= 0.3 is 0 Å². The lowest BCUT2D eigenvalue weighted by atomic mass is 10.1. The number of hydrogen-bond acceptors (Lipinski definition) is 6. The Morgan fingerprint density at radius 3 is 2.20 bits per heavy atom. The number of Topliss-reactive ketones (excluding diaryl/α,β-unsaturated/α-hetero) is 1. The van der Waals surface area contributed by atoms with Crippen LogP contribution in [-0.2, 0) is 0 Å². The molecule has 0 aromatic heterocycles. The van der Waals surface area contributed by atoms with Gasteiger partial charge in [-0.05, 0) is 45.0 Å². The number of hydrogen-bond donors (Lipinski definition) is 2. The van der Waals surface area contributed by atoms with E-state index in [0.29, 0.717) is 5.56 Å². The van der Waals surface area contributed by atoms with Crippen LogP contribution >= 0.6 is 12.4 Å². The van der Waals surface area contributed by atoms with E-state index in [2.05, 4.69) is 9.98 Å². The molecule has 1 aliphatic heterocycles. The van der Waals surface area contributed by atoms with Crippen LogP contribution in [0.4, 0.5) is 5.69 Å². The highest BCUT2D eigenvalue weighted by atomic mass is 35.5. The summed E-state index contributed by atoms with van der Waals surface area (Å²) in [5.41, 5.74) is 12.4. The van der Waals surface area contributed by atoms with Gasteiger partial charge in [-0.3, -0.25) is 9.69 Å². The SMILES string of the molecule is CC(=O)c1ccc(N2C(N)=NC(N)=NC2(C)C)cc1.Cl. The van der Waals surface area contributed by atoms with E-state index < -0.39 is 5.66 Å². The van der Waals surface area contributed by atoms with Crippen molar-refractivity contribution in [3.63, 3.8) is 0 Å². The number of rotatable bonds is 2. The Kier molecular flexibility index (Phi) is 4.39. The lowest BCUT2D eigenvalue weighted by molar-refractivity contribution is 0.101. The maximum atomic E-state index is 11.3. The van der Waals surface area contributed by atoms with Crippen molar-refractivity contribution in [1.29, 1.82) is 0 Å². The van der Waals surface area contributed by atoms with Gasteiger partial charge in [-0.2, -0.15) is 4.99 Å². The van der Waals surface area contributed by atoms with E-state index in [0.717, 1.165) is 5.69 Å². The third-order valence-corrected chi connectivity index (χ3v) is 2.93. The summed E-state index contributed by atoms with van der Waals surface area (Å²) in [7, 11) is 0. The average molecular weight is 296 g/mol. The first-order valence-corrected chi connectivity index (χ1v) is 5.92. The van der Waals surface area contributed by atoms with Gasteiger partial charge in [-0.1, -0.05) is 0 Å². The van der Waals surface area contributed by atoms with Crippen LogP contribution in [0.15, 0.2) is 34.3 Å². The molecule has 0 unspecified atom stereocenters. The number of guanidine groups is 2. The normalized spacial score (nSPS) is 16.9. The third kappa shape index (κ3) is 2.91. The van der Waals surface area contributed by atoms with Gasteiger partial charge in [0.05, 0.1) is 0 Å². The lowest BCUT2D eigenvalue weighted by Crippen LogP contribution is -2.54. The zero-order valence-electron chi connectivity index (χ0n) is 11.6. The van der Waals surface area contributed by atoms with Gasteiger partial charge in [0.15, 0.2) is 5.78 Å². The summed E-state index contributed by atoms with van der Waals surface area (Å²) >= 11 is 0. The molecule has 0 radical (unpaired) electrons. The second-order valence-corrected chi connectivity index (χ2v) is 4.87. The first-order chi connectivity index (χ1) is 8.81. The Balaban J connectivity index is 0.00000200. The number of nitrogens with zero attached hydrogens (tertiary/aromatic N) is 3. The van der Waals surface area contributed by atoms with E-state index in [1.165, 1.54) is 6.92 Å². The molecule has 0 spiro atoms. The molecule has 1 aromatic carbocycles. The summed E-state index contributed by atoms with van der Waals surface area (Å²) in [6.45, 7) is 5.31. The van der Waals surface area contributed by atoms with Crippen molar-refractivity contribution in [3.05, 3.63) is 29.8 Å². The molecule has 20 heavy (non-hydrogen) atoms. The molecule has 0 saturated heterocycles. The molecule has 2 rings (SSSR count). The summed E-state index contributed by atoms with van der Waals surface area (Å²) in [4.78, 5) is 21.3. The molecule has 0 aliphatic carbocycles.